The topological polar surface area (TPSA) is 76.8 Å². The molecule has 7 nitrogen and oxygen atoms in total. The Hall–Kier alpha value is -2.45. The molecule has 0 fully saturated rings. The fourth-order valence-corrected chi connectivity index (χ4v) is 1.86. The Bertz CT molecular complexity index is 622. The van der Waals surface area contributed by atoms with E-state index in [0.29, 0.717) is 5.69 Å². The van der Waals surface area contributed by atoms with Gasteiger partial charge in [0.1, 0.15) is 5.82 Å². The summed E-state index contributed by atoms with van der Waals surface area (Å²) >= 11 is 0. The van der Waals surface area contributed by atoms with Gasteiger partial charge in [0.05, 0.1) is 11.9 Å². The lowest BCUT2D eigenvalue weighted by Gasteiger charge is -2.08. The molecular formula is C13H18F2N6O. The normalized spacial score (nSPS) is 11.2. The number of nitrogens with one attached hydrogen (secondary N) is 2. The molecule has 9 heteroatoms. The molecule has 0 spiro atoms. The monoisotopic (exact) mass is 312 g/mol. The molecule has 22 heavy (non-hydrogen) atoms. The van der Waals surface area contributed by atoms with E-state index in [1.165, 1.54) is 12.4 Å². The molecular weight excluding hydrogens is 294 g/mol. The number of alkyl halides is 2. The lowest BCUT2D eigenvalue weighted by atomic mass is 10.4. The lowest BCUT2D eigenvalue weighted by molar-refractivity contribution is 0.0670. The van der Waals surface area contributed by atoms with E-state index >= 15 is 0 Å². The first kappa shape index (κ1) is 15.9. The third kappa shape index (κ3) is 4.03. The first-order valence-electron chi connectivity index (χ1n) is 6.86. The van der Waals surface area contributed by atoms with E-state index in [-0.39, 0.29) is 24.8 Å². The van der Waals surface area contributed by atoms with E-state index < -0.39 is 12.6 Å². The molecule has 0 aliphatic carbocycles. The van der Waals surface area contributed by atoms with Crippen molar-refractivity contribution in [2.45, 2.75) is 32.9 Å². The van der Waals surface area contributed by atoms with E-state index in [1.807, 2.05) is 13.8 Å². The van der Waals surface area contributed by atoms with Crippen molar-refractivity contribution in [1.82, 2.24) is 24.6 Å². The Morgan fingerprint density at radius 1 is 1.41 bits per heavy atom. The predicted molar refractivity (Wildman–Crippen MR) is 76.8 cm³/mol. The molecule has 0 bridgehead atoms. The Kier molecular flexibility index (Phi) is 5.08. The van der Waals surface area contributed by atoms with Crippen molar-refractivity contribution in [2.75, 3.05) is 11.9 Å². The van der Waals surface area contributed by atoms with Crippen LogP contribution in [-0.4, -0.2) is 31.9 Å². The summed E-state index contributed by atoms with van der Waals surface area (Å²) in [5.41, 5.74) is 0.570. The molecule has 2 N–H and O–H groups in total. The van der Waals surface area contributed by atoms with Gasteiger partial charge >= 0.3 is 12.6 Å². The molecule has 0 aliphatic heterocycles. The molecule has 120 valence electrons. The second-order valence-electron chi connectivity index (χ2n) is 4.96. The van der Waals surface area contributed by atoms with Gasteiger partial charge in [0.15, 0.2) is 0 Å². The third-order valence-corrected chi connectivity index (χ3v) is 2.98. The summed E-state index contributed by atoms with van der Waals surface area (Å²) in [7, 11) is 0. The summed E-state index contributed by atoms with van der Waals surface area (Å²) in [6.45, 7) is 1.52. The minimum atomic E-state index is -2.63. The summed E-state index contributed by atoms with van der Waals surface area (Å²) in [6.07, 6.45) is 6.00. The Balaban J connectivity index is 1.79. The maximum atomic E-state index is 12.6. The number of carbonyl (C=O) groups is 1. The van der Waals surface area contributed by atoms with Gasteiger partial charge in [-0.1, -0.05) is 0 Å². The summed E-state index contributed by atoms with van der Waals surface area (Å²) in [5, 5.41) is 9.31. The molecule has 0 saturated carbocycles. The Labute approximate surface area is 126 Å². The van der Waals surface area contributed by atoms with Crippen molar-refractivity contribution in [3.05, 3.63) is 30.6 Å². The fraction of sp³-hybridized carbons (Fsp3) is 0.462. The Morgan fingerprint density at radius 3 is 2.82 bits per heavy atom. The van der Waals surface area contributed by atoms with Gasteiger partial charge in [-0.2, -0.15) is 13.9 Å². The number of aromatic nitrogens is 4. The van der Waals surface area contributed by atoms with Crippen LogP contribution in [0.3, 0.4) is 0 Å². The van der Waals surface area contributed by atoms with Crippen molar-refractivity contribution in [2.24, 2.45) is 0 Å². The van der Waals surface area contributed by atoms with Crippen molar-refractivity contribution in [1.29, 1.82) is 0 Å². The number of hydrogen-bond donors (Lipinski definition) is 2. The SMILES string of the molecule is CC(C)n1cc(NC(=O)NCCc2nccn2C(F)F)cn1. The predicted octanol–water partition coefficient (Wildman–Crippen LogP) is 2.42. The summed E-state index contributed by atoms with van der Waals surface area (Å²) < 4.78 is 27.7. The Morgan fingerprint density at radius 2 is 2.18 bits per heavy atom. The van der Waals surface area contributed by atoms with E-state index in [9.17, 15) is 13.6 Å². The smallest absolute Gasteiger partial charge is 0.319 e. The van der Waals surface area contributed by atoms with E-state index in [4.69, 9.17) is 0 Å². The van der Waals surface area contributed by atoms with Crippen LogP contribution in [0.1, 0.15) is 32.3 Å². The molecule has 2 aromatic rings. The van der Waals surface area contributed by atoms with Gasteiger partial charge in [-0.3, -0.25) is 9.25 Å². The average Bonchev–Trinajstić information content (AvgIpc) is 3.07. The maximum Gasteiger partial charge on any atom is 0.319 e. The molecule has 2 rings (SSSR count). The van der Waals surface area contributed by atoms with Crippen LogP contribution in [0.25, 0.3) is 0 Å². The number of rotatable bonds is 6. The van der Waals surface area contributed by atoms with E-state index in [0.717, 1.165) is 4.57 Å². The molecule has 0 aliphatic rings. The van der Waals surface area contributed by atoms with E-state index in [1.54, 1.807) is 17.1 Å². The first-order chi connectivity index (χ1) is 10.5. The van der Waals surface area contributed by atoms with Gasteiger partial charge in [-0.15, -0.1) is 0 Å². The highest BCUT2D eigenvalue weighted by molar-refractivity contribution is 5.88. The second kappa shape index (κ2) is 7.01. The summed E-state index contributed by atoms with van der Waals surface area (Å²) in [5.74, 6) is 0.225. The van der Waals surface area contributed by atoms with Gasteiger partial charge in [0.25, 0.3) is 0 Å². The highest BCUT2D eigenvalue weighted by Gasteiger charge is 2.11. The van der Waals surface area contributed by atoms with Crippen LogP contribution in [-0.2, 0) is 6.42 Å². The largest absolute Gasteiger partial charge is 0.337 e. The van der Waals surface area contributed by atoms with Gasteiger partial charge in [0, 0.05) is 37.6 Å². The quantitative estimate of drug-likeness (QED) is 0.860. The van der Waals surface area contributed by atoms with Gasteiger partial charge < -0.3 is 10.6 Å². The summed E-state index contributed by atoms with van der Waals surface area (Å²) in [6, 6.07) is -0.217. The van der Waals surface area contributed by atoms with Gasteiger partial charge in [-0.05, 0) is 13.8 Å². The van der Waals surface area contributed by atoms with E-state index in [2.05, 4.69) is 20.7 Å². The molecule has 2 aromatic heterocycles. The number of carbonyl (C=O) groups excluding carboxylic acids is 1. The number of amides is 2. The standard InChI is InChI=1S/C13H18F2N6O/c1-9(2)21-8-10(7-18-21)19-13(22)17-4-3-11-16-5-6-20(11)12(14)15/h5-9,12H,3-4H2,1-2H3,(H2,17,19,22). The highest BCUT2D eigenvalue weighted by Crippen LogP contribution is 2.12. The van der Waals surface area contributed by atoms with Crippen LogP contribution in [0, 0.1) is 0 Å². The maximum absolute atomic E-state index is 12.6. The molecule has 2 amide bonds. The van der Waals surface area contributed by atoms with Crippen LogP contribution in [0.5, 0.6) is 0 Å². The summed E-state index contributed by atoms with van der Waals surface area (Å²) in [4.78, 5) is 15.5. The lowest BCUT2D eigenvalue weighted by Crippen LogP contribution is -2.30. The van der Waals surface area contributed by atoms with Gasteiger partial charge in [0.2, 0.25) is 0 Å². The highest BCUT2D eigenvalue weighted by atomic mass is 19.3. The zero-order valence-corrected chi connectivity index (χ0v) is 12.3. The number of imidazole rings is 1. The van der Waals surface area contributed by atoms with Crippen molar-refractivity contribution < 1.29 is 13.6 Å². The average molecular weight is 312 g/mol. The zero-order valence-electron chi connectivity index (χ0n) is 12.3. The number of urea groups is 1. The molecule has 0 saturated heterocycles. The van der Waals surface area contributed by atoms with Crippen LogP contribution in [0.2, 0.25) is 0 Å². The van der Waals surface area contributed by atoms with Crippen molar-refractivity contribution in [3.8, 4) is 0 Å². The minimum Gasteiger partial charge on any atom is -0.337 e. The second-order valence-corrected chi connectivity index (χ2v) is 4.96. The van der Waals surface area contributed by atoms with Crippen molar-refractivity contribution in [3.63, 3.8) is 0 Å². The first-order valence-corrected chi connectivity index (χ1v) is 6.86. The third-order valence-electron chi connectivity index (χ3n) is 2.98. The minimum absolute atomic E-state index is 0.201. The number of halogens is 2. The fourth-order valence-electron chi connectivity index (χ4n) is 1.86. The van der Waals surface area contributed by atoms with Gasteiger partial charge in [-0.25, -0.2) is 9.78 Å². The van der Waals surface area contributed by atoms with Crippen LogP contribution in [0.15, 0.2) is 24.8 Å². The van der Waals surface area contributed by atoms with Crippen LogP contribution >= 0.6 is 0 Å². The number of nitrogens with zero attached hydrogens (tertiary/aromatic N) is 4. The van der Waals surface area contributed by atoms with Crippen LogP contribution in [0.4, 0.5) is 19.3 Å². The van der Waals surface area contributed by atoms with Crippen LogP contribution < -0.4 is 10.6 Å². The molecule has 0 atom stereocenters. The molecule has 0 aromatic carbocycles. The number of hydrogen-bond acceptors (Lipinski definition) is 3. The zero-order chi connectivity index (χ0) is 16.1. The van der Waals surface area contributed by atoms with Crippen molar-refractivity contribution >= 4 is 11.7 Å². The molecule has 0 unspecified atom stereocenters. The molecule has 2 heterocycles. The number of anilines is 1. The molecule has 0 radical (unpaired) electrons.